The zero-order valence-electron chi connectivity index (χ0n) is 16.4. The van der Waals surface area contributed by atoms with Crippen molar-refractivity contribution in [3.05, 3.63) is 75.3 Å². The number of hydrogen-bond acceptors (Lipinski definition) is 4. The number of amides is 1. The van der Waals surface area contributed by atoms with Crippen LogP contribution in [0, 0.1) is 0 Å². The standard InChI is InChI=1S/C23H22Cl2N2O3/c24-17-8-6-15(7-9-17)21(28)19-20(16-4-3-5-18(25)14-16)27(23(30)22(19)29)13-12-26-10-1-2-11-26/h3-9,14,20,28H,1-2,10-13H2/b21-19+. The molecule has 1 N–H and O–H groups in total. The van der Waals surface area contributed by atoms with E-state index < -0.39 is 17.7 Å². The van der Waals surface area contributed by atoms with Gasteiger partial charge in [-0.05, 0) is 67.9 Å². The van der Waals surface area contributed by atoms with Gasteiger partial charge in [-0.15, -0.1) is 0 Å². The van der Waals surface area contributed by atoms with Crippen LogP contribution in [0.25, 0.3) is 5.76 Å². The number of carbonyl (C=O) groups excluding carboxylic acids is 2. The van der Waals surface area contributed by atoms with E-state index in [1.807, 2.05) is 6.07 Å². The molecule has 2 aliphatic rings. The van der Waals surface area contributed by atoms with Gasteiger partial charge in [-0.2, -0.15) is 0 Å². The topological polar surface area (TPSA) is 60.9 Å². The maximum absolute atomic E-state index is 13.0. The van der Waals surface area contributed by atoms with Crippen LogP contribution < -0.4 is 0 Å². The zero-order valence-corrected chi connectivity index (χ0v) is 17.9. The van der Waals surface area contributed by atoms with Gasteiger partial charge in [0, 0.05) is 28.7 Å². The van der Waals surface area contributed by atoms with Crippen LogP contribution in [0.15, 0.2) is 54.1 Å². The Labute approximate surface area is 185 Å². The smallest absolute Gasteiger partial charge is 0.295 e. The van der Waals surface area contributed by atoms with E-state index in [9.17, 15) is 14.7 Å². The Morgan fingerprint density at radius 1 is 0.967 bits per heavy atom. The molecule has 0 spiro atoms. The molecule has 0 aromatic heterocycles. The fraction of sp³-hybridized carbons (Fsp3) is 0.304. The molecule has 5 nitrogen and oxygen atoms in total. The maximum atomic E-state index is 13.0. The molecule has 156 valence electrons. The molecule has 1 unspecified atom stereocenters. The molecule has 0 aliphatic carbocycles. The van der Waals surface area contributed by atoms with E-state index in [0.29, 0.717) is 34.3 Å². The Kier molecular flexibility index (Phi) is 6.14. The van der Waals surface area contributed by atoms with Gasteiger partial charge < -0.3 is 14.9 Å². The average Bonchev–Trinajstić information content (AvgIpc) is 3.34. The van der Waals surface area contributed by atoms with Crippen LogP contribution in [-0.4, -0.2) is 52.8 Å². The number of aliphatic hydroxyl groups is 1. The normalized spacial score (nSPS) is 21.5. The second kappa shape index (κ2) is 8.80. The van der Waals surface area contributed by atoms with Gasteiger partial charge in [0.05, 0.1) is 11.6 Å². The Bertz CT molecular complexity index is 998. The van der Waals surface area contributed by atoms with Crippen molar-refractivity contribution in [1.29, 1.82) is 0 Å². The molecule has 0 saturated carbocycles. The van der Waals surface area contributed by atoms with Crippen LogP contribution in [0.4, 0.5) is 0 Å². The van der Waals surface area contributed by atoms with Gasteiger partial charge in [-0.3, -0.25) is 9.59 Å². The highest BCUT2D eigenvalue weighted by Gasteiger charge is 2.46. The number of ketones is 1. The minimum absolute atomic E-state index is 0.0750. The van der Waals surface area contributed by atoms with E-state index in [1.54, 1.807) is 47.4 Å². The van der Waals surface area contributed by atoms with Crippen molar-refractivity contribution in [3.63, 3.8) is 0 Å². The first-order valence-corrected chi connectivity index (χ1v) is 10.7. The Hall–Kier alpha value is -2.34. The van der Waals surface area contributed by atoms with E-state index in [-0.39, 0.29) is 11.3 Å². The summed E-state index contributed by atoms with van der Waals surface area (Å²) in [5.41, 5.74) is 1.20. The predicted octanol–water partition coefficient (Wildman–Crippen LogP) is 4.51. The third kappa shape index (κ3) is 4.10. The molecule has 2 saturated heterocycles. The molecule has 1 atom stereocenters. The summed E-state index contributed by atoms with van der Waals surface area (Å²) in [6.45, 7) is 3.08. The second-order valence-corrected chi connectivity index (χ2v) is 8.48. The molecule has 30 heavy (non-hydrogen) atoms. The highest BCUT2D eigenvalue weighted by atomic mass is 35.5. The minimum Gasteiger partial charge on any atom is -0.507 e. The summed E-state index contributed by atoms with van der Waals surface area (Å²) in [7, 11) is 0. The molecule has 7 heteroatoms. The molecule has 2 heterocycles. The number of nitrogens with zero attached hydrogens (tertiary/aromatic N) is 2. The Balaban J connectivity index is 1.76. The van der Waals surface area contributed by atoms with Gasteiger partial charge >= 0.3 is 0 Å². The van der Waals surface area contributed by atoms with E-state index in [4.69, 9.17) is 23.2 Å². The third-order valence-corrected chi connectivity index (χ3v) is 6.16. The third-order valence-electron chi connectivity index (χ3n) is 5.68. The number of Topliss-reactive ketones (excluding diaryl/α,β-unsaturated/α-hetero) is 1. The number of benzene rings is 2. The summed E-state index contributed by atoms with van der Waals surface area (Å²) < 4.78 is 0. The molecular weight excluding hydrogens is 423 g/mol. The monoisotopic (exact) mass is 444 g/mol. The van der Waals surface area contributed by atoms with Crippen LogP contribution in [0.1, 0.15) is 30.0 Å². The molecule has 2 aliphatic heterocycles. The van der Waals surface area contributed by atoms with Gasteiger partial charge in [0.2, 0.25) is 0 Å². The van der Waals surface area contributed by atoms with Gasteiger partial charge in [0.1, 0.15) is 5.76 Å². The molecule has 2 fully saturated rings. The van der Waals surface area contributed by atoms with Crippen molar-refractivity contribution in [2.45, 2.75) is 18.9 Å². The fourth-order valence-corrected chi connectivity index (χ4v) is 4.48. The van der Waals surface area contributed by atoms with Crippen molar-refractivity contribution in [2.24, 2.45) is 0 Å². The quantitative estimate of drug-likeness (QED) is 0.418. The van der Waals surface area contributed by atoms with E-state index >= 15 is 0 Å². The number of halogens is 2. The van der Waals surface area contributed by atoms with Gasteiger partial charge in [-0.1, -0.05) is 35.3 Å². The number of hydrogen-bond donors (Lipinski definition) is 1. The first-order chi connectivity index (χ1) is 14.5. The molecule has 0 bridgehead atoms. The van der Waals surface area contributed by atoms with E-state index in [1.165, 1.54) is 0 Å². The van der Waals surface area contributed by atoms with Crippen molar-refractivity contribution in [1.82, 2.24) is 9.80 Å². The molecule has 2 aromatic carbocycles. The first kappa shape index (κ1) is 20.9. The highest BCUT2D eigenvalue weighted by molar-refractivity contribution is 6.46. The average molecular weight is 445 g/mol. The largest absolute Gasteiger partial charge is 0.507 e. The van der Waals surface area contributed by atoms with Crippen molar-refractivity contribution in [2.75, 3.05) is 26.2 Å². The highest BCUT2D eigenvalue weighted by Crippen LogP contribution is 2.40. The zero-order chi connectivity index (χ0) is 21.3. The number of likely N-dealkylation sites (tertiary alicyclic amines) is 2. The molecular formula is C23H22Cl2N2O3. The molecule has 1 amide bonds. The predicted molar refractivity (Wildman–Crippen MR) is 118 cm³/mol. The Morgan fingerprint density at radius 3 is 2.33 bits per heavy atom. The summed E-state index contributed by atoms with van der Waals surface area (Å²) in [6, 6.07) is 12.9. The first-order valence-electron chi connectivity index (χ1n) is 9.98. The summed E-state index contributed by atoms with van der Waals surface area (Å²) in [6.07, 6.45) is 2.29. The van der Waals surface area contributed by atoms with E-state index in [0.717, 1.165) is 25.9 Å². The number of rotatable bonds is 5. The second-order valence-electron chi connectivity index (χ2n) is 7.60. The van der Waals surface area contributed by atoms with Crippen molar-refractivity contribution >= 4 is 40.7 Å². The maximum Gasteiger partial charge on any atom is 0.295 e. The summed E-state index contributed by atoms with van der Waals surface area (Å²) in [5.74, 6) is -1.50. The van der Waals surface area contributed by atoms with Crippen molar-refractivity contribution in [3.8, 4) is 0 Å². The van der Waals surface area contributed by atoms with Crippen LogP contribution in [0.3, 0.4) is 0 Å². The fourth-order valence-electron chi connectivity index (χ4n) is 4.15. The van der Waals surface area contributed by atoms with Crippen LogP contribution in [0.5, 0.6) is 0 Å². The lowest BCUT2D eigenvalue weighted by Gasteiger charge is -2.27. The number of aliphatic hydroxyl groups excluding tert-OH is 1. The number of carbonyl (C=O) groups is 2. The molecule has 2 aromatic rings. The van der Waals surface area contributed by atoms with E-state index in [2.05, 4.69) is 4.90 Å². The van der Waals surface area contributed by atoms with Crippen LogP contribution in [0.2, 0.25) is 10.0 Å². The lowest BCUT2D eigenvalue weighted by molar-refractivity contribution is -0.140. The minimum atomic E-state index is -0.693. The molecule has 4 rings (SSSR count). The van der Waals surface area contributed by atoms with Crippen molar-refractivity contribution < 1.29 is 14.7 Å². The summed E-state index contributed by atoms with van der Waals surface area (Å²) in [4.78, 5) is 29.8. The SMILES string of the molecule is O=C1C(=O)N(CCN2CCCC2)C(c2cccc(Cl)c2)/C1=C(\O)c1ccc(Cl)cc1. The Morgan fingerprint density at radius 2 is 1.67 bits per heavy atom. The van der Waals surface area contributed by atoms with Gasteiger partial charge in [-0.25, -0.2) is 0 Å². The van der Waals surface area contributed by atoms with Gasteiger partial charge in [0.15, 0.2) is 0 Å². The lowest BCUT2D eigenvalue weighted by atomic mass is 9.95. The van der Waals surface area contributed by atoms with Gasteiger partial charge in [0.25, 0.3) is 11.7 Å². The van der Waals surface area contributed by atoms with Crippen LogP contribution >= 0.6 is 23.2 Å². The molecule has 0 radical (unpaired) electrons. The summed E-state index contributed by atoms with van der Waals surface area (Å²) >= 11 is 12.1. The van der Waals surface area contributed by atoms with Crippen LogP contribution in [-0.2, 0) is 9.59 Å². The summed E-state index contributed by atoms with van der Waals surface area (Å²) in [5, 5.41) is 12.0. The lowest BCUT2D eigenvalue weighted by Crippen LogP contribution is -2.37.